The number of halogens is 1. The monoisotopic (exact) mass is 295 g/mol. The van der Waals surface area contributed by atoms with Crippen molar-refractivity contribution in [2.24, 2.45) is 0 Å². The fourth-order valence-corrected chi connectivity index (χ4v) is 3.54. The van der Waals surface area contributed by atoms with E-state index in [0.29, 0.717) is 17.0 Å². The minimum Gasteiger partial charge on any atom is -0.453 e. The minimum atomic E-state index is 0.278. The van der Waals surface area contributed by atoms with Gasteiger partial charge in [0.25, 0.3) is 0 Å². The molecule has 4 heteroatoms. The first kappa shape index (κ1) is 14.0. The summed E-state index contributed by atoms with van der Waals surface area (Å²) in [6.07, 6.45) is 4.86. The van der Waals surface area contributed by atoms with Crippen LogP contribution in [0, 0.1) is 0 Å². The van der Waals surface area contributed by atoms with Gasteiger partial charge in [0, 0.05) is 11.6 Å². The Kier molecular flexibility index (Phi) is 4.08. The minimum absolute atomic E-state index is 0.278. The van der Waals surface area contributed by atoms with Gasteiger partial charge in [-0.2, -0.15) is 0 Å². The van der Waals surface area contributed by atoms with Gasteiger partial charge in [0.1, 0.15) is 0 Å². The smallest absolute Gasteiger partial charge is 0.231 e. The molecule has 0 radical (unpaired) electrons. The van der Waals surface area contributed by atoms with Crippen LogP contribution in [-0.4, -0.2) is 19.4 Å². The van der Waals surface area contributed by atoms with Crippen LogP contribution in [0.2, 0.25) is 5.02 Å². The maximum absolute atomic E-state index is 6.34. The second-order valence-corrected chi connectivity index (χ2v) is 6.41. The highest BCUT2D eigenvalue weighted by atomic mass is 35.5. The molecule has 0 saturated carbocycles. The Morgan fingerprint density at radius 2 is 2.10 bits per heavy atom. The summed E-state index contributed by atoms with van der Waals surface area (Å²) in [5, 5.41) is 4.28. The fourth-order valence-electron chi connectivity index (χ4n) is 3.26. The molecule has 1 saturated heterocycles. The van der Waals surface area contributed by atoms with Crippen molar-refractivity contribution in [2.75, 3.05) is 13.3 Å². The molecule has 1 aromatic carbocycles. The van der Waals surface area contributed by atoms with E-state index in [1.807, 2.05) is 0 Å². The van der Waals surface area contributed by atoms with Gasteiger partial charge in [-0.15, -0.1) is 0 Å². The zero-order valence-corrected chi connectivity index (χ0v) is 12.9. The molecule has 0 aromatic heterocycles. The predicted molar refractivity (Wildman–Crippen MR) is 81.0 cm³/mol. The molecule has 0 aliphatic carbocycles. The molecule has 1 aromatic rings. The third-order valence-electron chi connectivity index (χ3n) is 4.18. The van der Waals surface area contributed by atoms with E-state index in [0.717, 1.165) is 24.5 Å². The van der Waals surface area contributed by atoms with Gasteiger partial charge in [-0.05, 0) is 43.4 Å². The first-order valence-corrected chi connectivity index (χ1v) is 7.89. The quantitative estimate of drug-likeness (QED) is 0.918. The van der Waals surface area contributed by atoms with Crippen LogP contribution < -0.4 is 14.8 Å². The molecule has 1 unspecified atom stereocenters. The van der Waals surface area contributed by atoms with Crippen LogP contribution in [0.5, 0.6) is 11.5 Å². The molecule has 3 nitrogen and oxygen atoms in total. The van der Waals surface area contributed by atoms with Crippen molar-refractivity contribution in [3.05, 3.63) is 22.2 Å². The average molecular weight is 296 g/mol. The van der Waals surface area contributed by atoms with Gasteiger partial charge >= 0.3 is 0 Å². The van der Waals surface area contributed by atoms with E-state index < -0.39 is 0 Å². The Balaban J connectivity index is 1.94. The maximum atomic E-state index is 6.34. The summed E-state index contributed by atoms with van der Waals surface area (Å²) < 4.78 is 11.2. The second kappa shape index (κ2) is 5.82. The number of benzene rings is 1. The number of ether oxygens (including phenoxy) is 2. The summed E-state index contributed by atoms with van der Waals surface area (Å²) in [5.41, 5.74) is 2.56. The lowest BCUT2D eigenvalue weighted by Crippen LogP contribution is -2.35. The molecular formula is C16H22ClNO2. The maximum Gasteiger partial charge on any atom is 0.231 e. The highest BCUT2D eigenvalue weighted by molar-refractivity contribution is 6.32. The van der Waals surface area contributed by atoms with Crippen molar-refractivity contribution in [3.8, 4) is 11.5 Å². The highest BCUT2D eigenvalue weighted by Crippen LogP contribution is 2.46. The lowest BCUT2D eigenvalue weighted by molar-refractivity contribution is 0.173. The summed E-state index contributed by atoms with van der Waals surface area (Å²) >= 11 is 6.34. The molecule has 0 spiro atoms. The zero-order valence-electron chi connectivity index (χ0n) is 12.2. The van der Waals surface area contributed by atoms with Gasteiger partial charge in [-0.25, -0.2) is 0 Å². The molecule has 110 valence electrons. The Labute approximate surface area is 125 Å². The van der Waals surface area contributed by atoms with Crippen molar-refractivity contribution < 1.29 is 9.47 Å². The normalized spacial score (nSPS) is 21.5. The van der Waals surface area contributed by atoms with Gasteiger partial charge in [-0.3, -0.25) is 0 Å². The van der Waals surface area contributed by atoms with E-state index in [9.17, 15) is 0 Å². The average Bonchev–Trinajstić information content (AvgIpc) is 2.89. The van der Waals surface area contributed by atoms with E-state index in [4.69, 9.17) is 21.1 Å². The summed E-state index contributed by atoms with van der Waals surface area (Å²) in [6, 6.07) is 2.62. The first-order chi connectivity index (χ1) is 9.66. The summed E-state index contributed by atoms with van der Waals surface area (Å²) in [6.45, 7) is 5.80. The molecule has 0 amide bonds. The van der Waals surface area contributed by atoms with E-state index in [-0.39, 0.29) is 6.79 Å². The number of hydrogen-bond donors (Lipinski definition) is 1. The first-order valence-electron chi connectivity index (χ1n) is 7.51. The number of nitrogens with one attached hydrogen (secondary N) is 1. The summed E-state index contributed by atoms with van der Waals surface area (Å²) in [7, 11) is 0. The van der Waals surface area contributed by atoms with E-state index in [1.54, 1.807) is 0 Å². The summed E-state index contributed by atoms with van der Waals surface area (Å²) in [5.74, 6) is 1.98. The summed E-state index contributed by atoms with van der Waals surface area (Å²) in [4.78, 5) is 0. The predicted octanol–water partition coefficient (Wildman–Crippen LogP) is 3.88. The molecule has 1 atom stereocenters. The molecule has 20 heavy (non-hydrogen) atoms. The van der Waals surface area contributed by atoms with E-state index in [1.165, 1.54) is 30.4 Å². The molecule has 2 heterocycles. The number of fused-ring (bicyclic) bond motifs is 1. The van der Waals surface area contributed by atoms with Gasteiger partial charge in [-0.1, -0.05) is 31.9 Å². The van der Waals surface area contributed by atoms with Crippen LogP contribution in [-0.2, 0) is 6.42 Å². The largest absolute Gasteiger partial charge is 0.453 e. The van der Waals surface area contributed by atoms with Crippen LogP contribution in [0.3, 0.4) is 0 Å². The molecular weight excluding hydrogens is 274 g/mol. The van der Waals surface area contributed by atoms with Crippen molar-refractivity contribution in [3.63, 3.8) is 0 Å². The van der Waals surface area contributed by atoms with E-state index >= 15 is 0 Å². The zero-order chi connectivity index (χ0) is 14.1. The number of piperidine rings is 1. The fraction of sp³-hybridized carbons (Fsp3) is 0.625. The Morgan fingerprint density at radius 3 is 2.80 bits per heavy atom. The molecule has 1 fully saturated rings. The van der Waals surface area contributed by atoms with Crippen LogP contribution in [0.1, 0.15) is 50.2 Å². The van der Waals surface area contributed by atoms with Crippen LogP contribution in [0.25, 0.3) is 0 Å². The topological polar surface area (TPSA) is 30.5 Å². The molecule has 0 bridgehead atoms. The third-order valence-corrected chi connectivity index (χ3v) is 4.46. The molecule has 3 rings (SSSR count). The standard InChI is InChI=1S/C16H22ClNO2/c1-10(2)14-11(7-12-5-3-4-6-18-12)8-13(17)15-16(14)20-9-19-15/h8,10,12,18H,3-7,9H2,1-2H3. The molecule has 2 aliphatic rings. The Hall–Kier alpha value is -0.930. The number of rotatable bonds is 3. The van der Waals surface area contributed by atoms with Crippen molar-refractivity contribution in [1.82, 2.24) is 5.32 Å². The molecule has 1 N–H and O–H groups in total. The van der Waals surface area contributed by atoms with Crippen molar-refractivity contribution >= 4 is 11.6 Å². The second-order valence-electron chi connectivity index (χ2n) is 6.00. The third kappa shape index (κ3) is 2.61. The van der Waals surface area contributed by atoms with Crippen molar-refractivity contribution in [2.45, 2.75) is 51.5 Å². The lowest BCUT2D eigenvalue weighted by atomic mass is 9.89. The van der Waals surface area contributed by atoms with E-state index in [2.05, 4.69) is 25.2 Å². The van der Waals surface area contributed by atoms with Crippen molar-refractivity contribution in [1.29, 1.82) is 0 Å². The lowest BCUT2D eigenvalue weighted by Gasteiger charge is -2.25. The molecule has 2 aliphatic heterocycles. The highest BCUT2D eigenvalue weighted by Gasteiger charge is 2.27. The van der Waals surface area contributed by atoms with Gasteiger partial charge in [0.2, 0.25) is 6.79 Å². The Bertz CT molecular complexity index is 496. The SMILES string of the molecule is CC(C)c1c(CC2CCCCN2)cc(Cl)c2c1OCO2. The van der Waals surface area contributed by atoms with Crippen LogP contribution >= 0.6 is 11.6 Å². The van der Waals surface area contributed by atoms with Gasteiger partial charge in [0.05, 0.1) is 5.02 Å². The van der Waals surface area contributed by atoms with Gasteiger partial charge in [0.15, 0.2) is 11.5 Å². The van der Waals surface area contributed by atoms with Crippen LogP contribution in [0.4, 0.5) is 0 Å². The van der Waals surface area contributed by atoms with Gasteiger partial charge < -0.3 is 14.8 Å². The number of hydrogen-bond acceptors (Lipinski definition) is 3. The Morgan fingerprint density at radius 1 is 1.30 bits per heavy atom. The van der Waals surface area contributed by atoms with Crippen LogP contribution in [0.15, 0.2) is 6.07 Å².